The molecule has 0 radical (unpaired) electrons. The number of carbonyl (C=O) groups excluding carboxylic acids is 1. The first-order valence-corrected chi connectivity index (χ1v) is 7.47. The monoisotopic (exact) mass is 313 g/mol. The van der Waals surface area contributed by atoms with Crippen LogP contribution in [0.3, 0.4) is 0 Å². The number of nitrogens with zero attached hydrogens (tertiary/aromatic N) is 2. The first-order valence-electron chi connectivity index (χ1n) is 6.22. The van der Waals surface area contributed by atoms with Crippen LogP contribution in [0.15, 0.2) is 5.38 Å². The van der Waals surface area contributed by atoms with Gasteiger partial charge in [0.05, 0.1) is 17.6 Å². The zero-order valence-electron chi connectivity index (χ0n) is 11.8. The maximum Gasteiger partial charge on any atom is 0.339 e. The maximum atomic E-state index is 11.8. The van der Waals surface area contributed by atoms with E-state index >= 15 is 0 Å². The van der Waals surface area contributed by atoms with Gasteiger partial charge in [-0.2, -0.15) is 0 Å². The average molecular weight is 314 g/mol. The number of thiophene rings is 1. The predicted molar refractivity (Wildman–Crippen MR) is 81.8 cm³/mol. The Hall–Kier alpha value is -1.40. The highest BCUT2D eigenvalue weighted by Gasteiger charge is 2.20. The molecule has 0 saturated heterocycles. The summed E-state index contributed by atoms with van der Waals surface area (Å²) in [5.41, 5.74) is 0.247. The minimum absolute atomic E-state index is 0.168. The number of anilines is 1. The smallest absolute Gasteiger partial charge is 0.339 e. The molecule has 5 nitrogen and oxygen atoms in total. The van der Waals surface area contributed by atoms with Crippen LogP contribution < -0.4 is 5.32 Å². The second kappa shape index (κ2) is 5.54. The van der Waals surface area contributed by atoms with E-state index in [1.165, 1.54) is 11.3 Å². The van der Waals surface area contributed by atoms with Crippen LogP contribution in [-0.4, -0.2) is 28.1 Å². The molecule has 0 fully saturated rings. The van der Waals surface area contributed by atoms with E-state index in [-0.39, 0.29) is 10.7 Å². The van der Waals surface area contributed by atoms with Crippen molar-refractivity contribution in [3.05, 3.63) is 16.1 Å². The summed E-state index contributed by atoms with van der Waals surface area (Å²) < 4.78 is 5.00. The van der Waals surface area contributed by atoms with E-state index < -0.39 is 5.97 Å². The molecule has 0 aliphatic heterocycles. The third-order valence-corrected chi connectivity index (χ3v) is 3.52. The zero-order chi connectivity index (χ0) is 14.9. The maximum absolute atomic E-state index is 11.8. The molecule has 2 aromatic heterocycles. The first-order chi connectivity index (χ1) is 9.31. The minimum Gasteiger partial charge on any atom is -0.462 e. The van der Waals surface area contributed by atoms with E-state index in [2.05, 4.69) is 15.3 Å². The van der Waals surface area contributed by atoms with Gasteiger partial charge < -0.3 is 10.1 Å². The fourth-order valence-corrected chi connectivity index (χ4v) is 2.88. The summed E-state index contributed by atoms with van der Waals surface area (Å²) in [6.07, 6.45) is 0. The molecular weight excluding hydrogens is 298 g/mol. The number of hydrogen-bond acceptors (Lipinski definition) is 6. The second-order valence-electron chi connectivity index (χ2n) is 5.26. The molecule has 2 aromatic rings. The highest BCUT2D eigenvalue weighted by Crippen LogP contribution is 2.31. The van der Waals surface area contributed by atoms with Gasteiger partial charge >= 0.3 is 5.97 Å². The lowest BCUT2D eigenvalue weighted by atomic mass is 10.1. The fourth-order valence-electron chi connectivity index (χ4n) is 1.65. The van der Waals surface area contributed by atoms with Crippen LogP contribution in [0.5, 0.6) is 0 Å². The highest BCUT2D eigenvalue weighted by atomic mass is 35.5. The fraction of sp³-hybridized carbons (Fsp3) is 0.462. The van der Waals surface area contributed by atoms with Gasteiger partial charge in [0.25, 0.3) is 0 Å². The van der Waals surface area contributed by atoms with E-state index in [4.69, 9.17) is 16.3 Å². The molecule has 2 heterocycles. The van der Waals surface area contributed by atoms with Crippen molar-refractivity contribution in [2.24, 2.45) is 0 Å². The SMILES string of the molecule is CCOC(=O)c1csc2nc(NC(C)(C)C)nc(Cl)c12. The van der Waals surface area contributed by atoms with E-state index in [1.54, 1.807) is 12.3 Å². The number of aromatic nitrogens is 2. The standard InChI is InChI=1S/C13H16ClN3O2S/c1-5-19-11(18)7-6-20-10-8(7)9(14)15-12(16-10)17-13(2,3)4/h6H,5H2,1-4H3,(H,15,16,17). The molecule has 0 unspecified atom stereocenters. The van der Waals surface area contributed by atoms with Gasteiger partial charge in [-0.1, -0.05) is 11.6 Å². The van der Waals surface area contributed by atoms with Gasteiger partial charge in [-0.05, 0) is 27.7 Å². The molecular formula is C13H16ClN3O2S. The second-order valence-corrected chi connectivity index (χ2v) is 6.48. The average Bonchev–Trinajstić information content (AvgIpc) is 2.71. The Bertz CT molecular complexity index is 649. The largest absolute Gasteiger partial charge is 0.462 e. The van der Waals surface area contributed by atoms with Crippen LogP contribution in [0, 0.1) is 0 Å². The molecule has 0 amide bonds. The summed E-state index contributed by atoms with van der Waals surface area (Å²) in [7, 11) is 0. The molecule has 0 aromatic carbocycles. The summed E-state index contributed by atoms with van der Waals surface area (Å²) >= 11 is 7.54. The number of rotatable bonds is 3. The van der Waals surface area contributed by atoms with Crippen LogP contribution in [0.2, 0.25) is 5.15 Å². The van der Waals surface area contributed by atoms with Crippen LogP contribution in [0.4, 0.5) is 5.95 Å². The predicted octanol–water partition coefficient (Wildman–Crippen LogP) is 3.73. The van der Waals surface area contributed by atoms with Gasteiger partial charge in [-0.15, -0.1) is 11.3 Å². The minimum atomic E-state index is -0.402. The summed E-state index contributed by atoms with van der Waals surface area (Å²) in [6.45, 7) is 8.10. The summed E-state index contributed by atoms with van der Waals surface area (Å²) in [5.74, 6) is 0.0491. The summed E-state index contributed by atoms with van der Waals surface area (Å²) in [4.78, 5) is 21.1. The quantitative estimate of drug-likeness (QED) is 0.691. The molecule has 0 aliphatic carbocycles. The number of carbonyl (C=O) groups is 1. The lowest BCUT2D eigenvalue weighted by Gasteiger charge is -2.20. The van der Waals surface area contributed by atoms with Crippen LogP contribution in [0.1, 0.15) is 38.1 Å². The van der Waals surface area contributed by atoms with Crippen molar-refractivity contribution in [1.29, 1.82) is 0 Å². The summed E-state index contributed by atoms with van der Waals surface area (Å²) in [6, 6.07) is 0. The Morgan fingerprint density at radius 3 is 2.75 bits per heavy atom. The Kier molecular flexibility index (Phi) is 4.15. The van der Waals surface area contributed by atoms with Crippen LogP contribution in [0.25, 0.3) is 10.2 Å². The van der Waals surface area contributed by atoms with Crippen molar-refractivity contribution < 1.29 is 9.53 Å². The Balaban J connectivity index is 2.46. The molecule has 1 N–H and O–H groups in total. The molecule has 0 atom stereocenters. The Labute approximate surface area is 126 Å². The lowest BCUT2D eigenvalue weighted by Crippen LogP contribution is -2.27. The molecule has 0 saturated carbocycles. The lowest BCUT2D eigenvalue weighted by molar-refractivity contribution is 0.0529. The summed E-state index contributed by atoms with van der Waals surface area (Å²) in [5, 5.41) is 5.67. The topological polar surface area (TPSA) is 64.1 Å². The first kappa shape index (κ1) is 15.0. The molecule has 0 aliphatic rings. The molecule has 7 heteroatoms. The van der Waals surface area contributed by atoms with E-state index in [9.17, 15) is 4.79 Å². The molecule has 0 spiro atoms. The van der Waals surface area contributed by atoms with Crippen molar-refractivity contribution in [1.82, 2.24) is 9.97 Å². The molecule has 108 valence electrons. The normalized spacial score (nSPS) is 11.7. The van der Waals surface area contributed by atoms with Crippen molar-refractivity contribution in [3.63, 3.8) is 0 Å². The third-order valence-electron chi connectivity index (χ3n) is 2.37. The number of hydrogen-bond donors (Lipinski definition) is 1. The molecule has 0 bridgehead atoms. The number of fused-ring (bicyclic) bond motifs is 1. The van der Waals surface area contributed by atoms with Crippen molar-refractivity contribution in [2.75, 3.05) is 11.9 Å². The van der Waals surface area contributed by atoms with Crippen LogP contribution in [-0.2, 0) is 4.74 Å². The van der Waals surface area contributed by atoms with Crippen LogP contribution >= 0.6 is 22.9 Å². The Morgan fingerprint density at radius 1 is 1.45 bits per heavy atom. The van der Waals surface area contributed by atoms with Crippen molar-refractivity contribution in [2.45, 2.75) is 33.2 Å². The van der Waals surface area contributed by atoms with Gasteiger partial charge in [-0.25, -0.2) is 14.8 Å². The number of nitrogens with one attached hydrogen (secondary N) is 1. The number of esters is 1. The van der Waals surface area contributed by atoms with Crippen molar-refractivity contribution in [3.8, 4) is 0 Å². The van der Waals surface area contributed by atoms with E-state index in [0.29, 0.717) is 28.3 Å². The van der Waals surface area contributed by atoms with Gasteiger partial charge in [0.2, 0.25) is 5.95 Å². The zero-order valence-corrected chi connectivity index (χ0v) is 13.4. The molecule has 2 rings (SSSR count). The number of halogens is 1. The third kappa shape index (κ3) is 3.19. The van der Waals surface area contributed by atoms with Gasteiger partial charge in [0.1, 0.15) is 9.98 Å². The van der Waals surface area contributed by atoms with E-state index in [1.807, 2.05) is 20.8 Å². The number of ether oxygens (including phenoxy) is 1. The Morgan fingerprint density at radius 2 is 2.15 bits per heavy atom. The molecule has 20 heavy (non-hydrogen) atoms. The van der Waals surface area contributed by atoms with Gasteiger partial charge in [0.15, 0.2) is 0 Å². The van der Waals surface area contributed by atoms with Gasteiger partial charge in [0, 0.05) is 10.9 Å². The van der Waals surface area contributed by atoms with E-state index in [0.717, 1.165) is 0 Å². The van der Waals surface area contributed by atoms with Crippen molar-refractivity contribution >= 4 is 45.1 Å². The highest BCUT2D eigenvalue weighted by molar-refractivity contribution is 7.17. The van der Waals surface area contributed by atoms with Gasteiger partial charge in [-0.3, -0.25) is 0 Å².